The van der Waals surface area contributed by atoms with E-state index in [0.29, 0.717) is 18.9 Å². The van der Waals surface area contributed by atoms with Gasteiger partial charge in [0.2, 0.25) is 0 Å². The SMILES string of the molecule is CS(=O)(=O)CCCN=C(N)NCCc1cccs1. The first-order chi connectivity index (χ1) is 8.47. The summed E-state index contributed by atoms with van der Waals surface area (Å²) >= 11 is 1.71. The van der Waals surface area contributed by atoms with Crippen molar-refractivity contribution in [2.24, 2.45) is 10.7 Å². The van der Waals surface area contributed by atoms with Crippen molar-refractivity contribution in [1.82, 2.24) is 5.32 Å². The summed E-state index contributed by atoms with van der Waals surface area (Å²) in [4.78, 5) is 5.37. The minimum Gasteiger partial charge on any atom is -0.370 e. The van der Waals surface area contributed by atoms with Crippen LogP contribution in [0.25, 0.3) is 0 Å². The Balaban J connectivity index is 2.14. The molecule has 0 saturated carbocycles. The van der Waals surface area contributed by atoms with Gasteiger partial charge in [-0.1, -0.05) is 6.07 Å². The summed E-state index contributed by atoms with van der Waals surface area (Å²) < 4.78 is 21.8. The van der Waals surface area contributed by atoms with Crippen LogP contribution in [0.5, 0.6) is 0 Å². The first-order valence-electron chi connectivity index (χ1n) is 5.71. The van der Waals surface area contributed by atoms with E-state index >= 15 is 0 Å². The molecule has 0 amide bonds. The average Bonchev–Trinajstić information content (AvgIpc) is 2.76. The molecule has 0 atom stereocenters. The van der Waals surface area contributed by atoms with Crippen molar-refractivity contribution in [1.29, 1.82) is 0 Å². The topological polar surface area (TPSA) is 84.5 Å². The zero-order valence-corrected chi connectivity index (χ0v) is 12.1. The number of nitrogens with one attached hydrogen (secondary N) is 1. The van der Waals surface area contributed by atoms with Gasteiger partial charge in [-0.3, -0.25) is 4.99 Å². The molecule has 1 rings (SSSR count). The monoisotopic (exact) mass is 289 g/mol. The van der Waals surface area contributed by atoms with Gasteiger partial charge >= 0.3 is 0 Å². The van der Waals surface area contributed by atoms with E-state index in [4.69, 9.17) is 5.73 Å². The highest BCUT2D eigenvalue weighted by atomic mass is 32.2. The normalized spacial score (nSPS) is 12.6. The van der Waals surface area contributed by atoms with Gasteiger partial charge in [0, 0.05) is 24.2 Å². The highest BCUT2D eigenvalue weighted by Crippen LogP contribution is 2.07. The predicted molar refractivity (Wildman–Crippen MR) is 76.8 cm³/mol. The van der Waals surface area contributed by atoms with Crippen LogP contribution in [0.2, 0.25) is 0 Å². The van der Waals surface area contributed by atoms with Gasteiger partial charge in [-0.2, -0.15) is 0 Å². The van der Waals surface area contributed by atoms with Gasteiger partial charge in [-0.05, 0) is 24.3 Å². The number of hydrogen-bond donors (Lipinski definition) is 2. The quantitative estimate of drug-likeness (QED) is 0.438. The van der Waals surface area contributed by atoms with Crippen molar-refractivity contribution in [3.05, 3.63) is 22.4 Å². The van der Waals surface area contributed by atoms with Gasteiger partial charge in [-0.25, -0.2) is 8.42 Å². The molecule has 0 bridgehead atoms. The predicted octanol–water partition coefficient (Wildman–Crippen LogP) is 0.630. The molecule has 0 fully saturated rings. The second-order valence-corrected chi connectivity index (χ2v) is 7.30. The van der Waals surface area contributed by atoms with Crippen LogP contribution in [0.1, 0.15) is 11.3 Å². The molecule has 0 aliphatic carbocycles. The standard InChI is InChI=1S/C11H19N3O2S2/c1-18(15,16)9-3-6-13-11(12)14-7-5-10-4-2-8-17-10/h2,4,8H,3,5-7,9H2,1H3,(H3,12,13,14). The summed E-state index contributed by atoms with van der Waals surface area (Å²) in [6, 6.07) is 4.09. The maximum Gasteiger partial charge on any atom is 0.188 e. The van der Waals surface area contributed by atoms with Crippen LogP contribution in [-0.4, -0.2) is 39.5 Å². The zero-order chi connectivity index (χ0) is 13.4. The van der Waals surface area contributed by atoms with Crippen molar-refractivity contribution < 1.29 is 8.42 Å². The van der Waals surface area contributed by atoms with Crippen LogP contribution in [0.4, 0.5) is 0 Å². The Morgan fingerprint density at radius 3 is 2.94 bits per heavy atom. The average molecular weight is 289 g/mol. The molecule has 0 aliphatic rings. The van der Waals surface area contributed by atoms with Gasteiger partial charge in [-0.15, -0.1) is 11.3 Å². The summed E-state index contributed by atoms with van der Waals surface area (Å²) in [6.45, 7) is 1.17. The lowest BCUT2D eigenvalue weighted by molar-refractivity contribution is 0.599. The maximum atomic E-state index is 10.9. The molecule has 0 radical (unpaired) electrons. The Bertz CT molecular complexity index is 466. The molecule has 3 N–H and O–H groups in total. The largest absolute Gasteiger partial charge is 0.370 e. The van der Waals surface area contributed by atoms with Gasteiger partial charge in [0.05, 0.1) is 5.75 Å². The van der Waals surface area contributed by atoms with E-state index in [-0.39, 0.29) is 5.75 Å². The summed E-state index contributed by atoms with van der Waals surface area (Å²) in [5.74, 6) is 0.527. The molecule has 1 aromatic heterocycles. The highest BCUT2D eigenvalue weighted by Gasteiger charge is 2.00. The fraction of sp³-hybridized carbons (Fsp3) is 0.545. The summed E-state index contributed by atoms with van der Waals surface area (Å²) in [7, 11) is -2.90. The fourth-order valence-electron chi connectivity index (χ4n) is 1.35. The van der Waals surface area contributed by atoms with Crippen molar-refractivity contribution in [2.45, 2.75) is 12.8 Å². The lowest BCUT2D eigenvalue weighted by Crippen LogP contribution is -2.33. The van der Waals surface area contributed by atoms with E-state index in [2.05, 4.69) is 16.4 Å². The van der Waals surface area contributed by atoms with Crippen LogP contribution in [0, 0.1) is 0 Å². The van der Waals surface area contributed by atoms with Crippen molar-refractivity contribution >= 4 is 27.1 Å². The van der Waals surface area contributed by atoms with Crippen LogP contribution >= 0.6 is 11.3 Å². The first-order valence-corrected chi connectivity index (χ1v) is 8.65. The summed E-state index contributed by atoms with van der Waals surface area (Å²) in [5, 5.41) is 5.04. The summed E-state index contributed by atoms with van der Waals surface area (Å²) in [5.41, 5.74) is 5.66. The second-order valence-electron chi connectivity index (χ2n) is 4.01. The molecular formula is C11H19N3O2S2. The molecule has 0 aliphatic heterocycles. The molecule has 7 heteroatoms. The number of hydrogen-bond acceptors (Lipinski definition) is 4. The third kappa shape index (κ3) is 7.29. The number of nitrogens with zero attached hydrogens (tertiary/aromatic N) is 1. The van der Waals surface area contributed by atoms with Crippen molar-refractivity contribution in [2.75, 3.05) is 25.1 Å². The molecule has 1 aromatic rings. The summed E-state index contributed by atoms with van der Waals surface area (Å²) in [6.07, 6.45) is 2.64. The van der Waals surface area contributed by atoms with Gasteiger partial charge in [0.15, 0.2) is 5.96 Å². The Kier molecular flexibility index (Phi) is 6.14. The maximum absolute atomic E-state index is 10.9. The van der Waals surface area contributed by atoms with E-state index in [1.54, 1.807) is 11.3 Å². The van der Waals surface area contributed by atoms with Crippen LogP contribution in [0.15, 0.2) is 22.5 Å². The third-order valence-corrected chi connectivity index (χ3v) is 4.18. The van der Waals surface area contributed by atoms with E-state index in [0.717, 1.165) is 13.0 Å². The number of thiophene rings is 1. The minimum atomic E-state index is -2.90. The van der Waals surface area contributed by atoms with E-state index in [1.807, 2.05) is 11.4 Å². The number of aliphatic imine (C=N–C) groups is 1. The molecule has 18 heavy (non-hydrogen) atoms. The number of rotatable bonds is 7. The molecule has 0 saturated heterocycles. The molecule has 0 spiro atoms. The minimum absolute atomic E-state index is 0.152. The Morgan fingerprint density at radius 2 is 2.33 bits per heavy atom. The number of sulfone groups is 1. The van der Waals surface area contributed by atoms with Crippen LogP contribution < -0.4 is 11.1 Å². The molecule has 102 valence electrons. The number of nitrogens with two attached hydrogens (primary N) is 1. The Morgan fingerprint density at radius 1 is 1.56 bits per heavy atom. The third-order valence-electron chi connectivity index (χ3n) is 2.21. The second kappa shape index (κ2) is 7.38. The number of guanidine groups is 1. The fourth-order valence-corrected chi connectivity index (χ4v) is 2.71. The Labute approximate surface area is 112 Å². The highest BCUT2D eigenvalue weighted by molar-refractivity contribution is 7.90. The lowest BCUT2D eigenvalue weighted by atomic mass is 10.3. The van der Waals surface area contributed by atoms with Crippen molar-refractivity contribution in [3.8, 4) is 0 Å². The lowest BCUT2D eigenvalue weighted by Gasteiger charge is -2.04. The van der Waals surface area contributed by atoms with Crippen molar-refractivity contribution in [3.63, 3.8) is 0 Å². The smallest absolute Gasteiger partial charge is 0.188 e. The molecule has 5 nitrogen and oxygen atoms in total. The Hall–Kier alpha value is -1.08. The van der Waals surface area contributed by atoms with Gasteiger partial charge in [0.1, 0.15) is 9.84 Å². The van der Waals surface area contributed by atoms with E-state index in [1.165, 1.54) is 11.1 Å². The molecule has 1 heterocycles. The molecule has 0 unspecified atom stereocenters. The molecular weight excluding hydrogens is 270 g/mol. The van der Waals surface area contributed by atoms with E-state index < -0.39 is 9.84 Å². The van der Waals surface area contributed by atoms with E-state index in [9.17, 15) is 8.42 Å². The zero-order valence-electron chi connectivity index (χ0n) is 10.4. The first kappa shape index (κ1) is 15.0. The van der Waals surface area contributed by atoms with Gasteiger partial charge < -0.3 is 11.1 Å². The van der Waals surface area contributed by atoms with Gasteiger partial charge in [0.25, 0.3) is 0 Å². The van der Waals surface area contributed by atoms with Crippen LogP contribution in [0.3, 0.4) is 0 Å². The molecule has 0 aromatic carbocycles. The van der Waals surface area contributed by atoms with Crippen LogP contribution in [-0.2, 0) is 16.3 Å².